The molecule has 1 N–H and O–H groups in total. The molecule has 0 aliphatic carbocycles. The fourth-order valence-electron chi connectivity index (χ4n) is 5.15. The molecule has 3 heterocycles. The van der Waals surface area contributed by atoms with E-state index in [-0.39, 0.29) is 11.9 Å². The zero-order valence-corrected chi connectivity index (χ0v) is 17.5. The zero-order chi connectivity index (χ0) is 21.6. The van der Waals surface area contributed by atoms with Crippen molar-refractivity contribution in [3.63, 3.8) is 0 Å². The molecule has 1 spiro atoms. The number of hydrogen-bond acceptors (Lipinski definition) is 5. The van der Waals surface area contributed by atoms with E-state index in [0.717, 1.165) is 11.1 Å². The van der Waals surface area contributed by atoms with E-state index in [1.807, 2.05) is 31.2 Å². The largest absolute Gasteiger partial charge is 0.493 e. The van der Waals surface area contributed by atoms with Crippen LogP contribution in [0.3, 0.4) is 0 Å². The minimum absolute atomic E-state index is 0.152. The van der Waals surface area contributed by atoms with Gasteiger partial charge in [0.25, 0.3) is 0 Å². The van der Waals surface area contributed by atoms with Gasteiger partial charge in [-0.3, -0.25) is 9.59 Å². The smallest absolute Gasteiger partial charge is 0.310 e. The van der Waals surface area contributed by atoms with Crippen LogP contribution in [0.4, 0.5) is 0 Å². The molecule has 0 saturated carbocycles. The molecule has 7 heteroatoms. The molecule has 1 aromatic rings. The summed E-state index contributed by atoms with van der Waals surface area (Å²) >= 11 is 0. The molecule has 2 bridgehead atoms. The molecular formula is C23H27NO6. The van der Waals surface area contributed by atoms with Crippen molar-refractivity contribution in [2.75, 3.05) is 20.8 Å². The van der Waals surface area contributed by atoms with E-state index in [2.05, 4.69) is 6.58 Å². The number of carbonyl (C=O) groups excluding carboxylic acids is 1. The molecule has 1 amide bonds. The van der Waals surface area contributed by atoms with Gasteiger partial charge in [-0.05, 0) is 37.5 Å². The topological polar surface area (TPSA) is 85.3 Å². The quantitative estimate of drug-likeness (QED) is 0.659. The van der Waals surface area contributed by atoms with E-state index in [0.29, 0.717) is 30.9 Å². The zero-order valence-electron chi connectivity index (χ0n) is 17.5. The van der Waals surface area contributed by atoms with Crippen LogP contribution >= 0.6 is 0 Å². The number of amides is 1. The summed E-state index contributed by atoms with van der Waals surface area (Å²) in [6.07, 6.45) is 4.33. The van der Waals surface area contributed by atoms with Gasteiger partial charge in [0, 0.05) is 6.54 Å². The van der Waals surface area contributed by atoms with E-state index in [4.69, 9.17) is 14.2 Å². The van der Waals surface area contributed by atoms with Crippen molar-refractivity contribution in [3.05, 3.63) is 48.1 Å². The highest BCUT2D eigenvalue weighted by atomic mass is 16.5. The Morgan fingerprint density at radius 3 is 2.67 bits per heavy atom. The Balaban J connectivity index is 1.61. The molecule has 2 fully saturated rings. The summed E-state index contributed by atoms with van der Waals surface area (Å²) in [6, 6.07) is 5.41. The van der Waals surface area contributed by atoms with Gasteiger partial charge in [-0.15, -0.1) is 6.58 Å². The standard InChI is InChI=1S/C23H27NO6/c1-13(2)11-18-23-9-7-16(30-23)19(22(26)27)20(23)21(25)24(18)10-8-14-5-6-15(28-3)17(12-14)29-4/h5-7,9,12,16,18-20H,1,8,10-11H2,2-4H3,(H,26,27)/t16-,18-,19-,20+,23+/m0/s1. The van der Waals surface area contributed by atoms with Gasteiger partial charge in [0.15, 0.2) is 11.5 Å². The first-order chi connectivity index (χ1) is 14.3. The van der Waals surface area contributed by atoms with Gasteiger partial charge in [0.05, 0.1) is 32.3 Å². The Morgan fingerprint density at radius 1 is 1.30 bits per heavy atom. The minimum atomic E-state index is -0.986. The van der Waals surface area contributed by atoms with E-state index < -0.39 is 29.5 Å². The average molecular weight is 413 g/mol. The predicted octanol–water partition coefficient (Wildman–Crippen LogP) is 2.45. The van der Waals surface area contributed by atoms with Gasteiger partial charge < -0.3 is 24.2 Å². The summed E-state index contributed by atoms with van der Waals surface area (Å²) in [4.78, 5) is 27.1. The summed E-state index contributed by atoms with van der Waals surface area (Å²) in [5.74, 6) is -1.40. The molecule has 0 radical (unpaired) electrons. The molecular weight excluding hydrogens is 386 g/mol. The van der Waals surface area contributed by atoms with Gasteiger partial charge in [0.1, 0.15) is 11.5 Å². The number of carboxylic acids is 1. The van der Waals surface area contributed by atoms with Crippen molar-refractivity contribution < 1.29 is 28.9 Å². The number of likely N-dealkylation sites (tertiary alicyclic amines) is 1. The maximum Gasteiger partial charge on any atom is 0.310 e. The van der Waals surface area contributed by atoms with Crippen LogP contribution in [0.25, 0.3) is 0 Å². The van der Waals surface area contributed by atoms with Crippen molar-refractivity contribution >= 4 is 11.9 Å². The van der Waals surface area contributed by atoms with E-state index in [1.54, 1.807) is 25.2 Å². The third kappa shape index (κ3) is 2.99. The number of fused-ring (bicyclic) bond motifs is 1. The highest BCUT2D eigenvalue weighted by Crippen LogP contribution is 2.56. The van der Waals surface area contributed by atoms with Crippen LogP contribution in [-0.4, -0.2) is 60.4 Å². The lowest BCUT2D eigenvalue weighted by Gasteiger charge is -2.33. The second-order valence-electron chi connectivity index (χ2n) is 8.28. The number of ether oxygens (including phenoxy) is 3. The molecule has 3 aliphatic rings. The van der Waals surface area contributed by atoms with Crippen LogP contribution in [-0.2, 0) is 20.7 Å². The molecule has 0 unspecified atom stereocenters. The summed E-state index contributed by atoms with van der Waals surface area (Å²) in [6.45, 7) is 6.40. The van der Waals surface area contributed by atoms with E-state index >= 15 is 0 Å². The van der Waals surface area contributed by atoms with Crippen LogP contribution in [0, 0.1) is 11.8 Å². The summed E-state index contributed by atoms with van der Waals surface area (Å²) in [7, 11) is 3.17. The second kappa shape index (κ2) is 7.47. The number of rotatable bonds is 8. The Labute approximate surface area is 175 Å². The van der Waals surface area contributed by atoms with Gasteiger partial charge in [-0.25, -0.2) is 0 Å². The van der Waals surface area contributed by atoms with Gasteiger partial charge >= 0.3 is 5.97 Å². The summed E-state index contributed by atoms with van der Waals surface area (Å²) in [5, 5.41) is 9.74. The van der Waals surface area contributed by atoms with Gasteiger partial charge in [-0.2, -0.15) is 0 Å². The molecule has 4 rings (SSSR count). The molecule has 2 saturated heterocycles. The first-order valence-corrected chi connectivity index (χ1v) is 10.1. The lowest BCUT2D eigenvalue weighted by Crippen LogP contribution is -2.45. The number of carboxylic acid groups (broad SMARTS) is 1. The second-order valence-corrected chi connectivity index (χ2v) is 8.28. The lowest BCUT2D eigenvalue weighted by atomic mass is 9.74. The number of hydrogen-bond donors (Lipinski definition) is 1. The van der Waals surface area contributed by atoms with Crippen LogP contribution in [0.15, 0.2) is 42.5 Å². The fourth-order valence-corrected chi connectivity index (χ4v) is 5.15. The average Bonchev–Trinajstić information content (AvgIpc) is 3.35. The van der Waals surface area contributed by atoms with Crippen molar-refractivity contribution in [1.29, 1.82) is 0 Å². The highest BCUT2D eigenvalue weighted by molar-refractivity contribution is 5.91. The SMILES string of the molecule is C=C(C)C[C@@H]1N(CCc2ccc(OC)c(OC)c2)C(=O)[C@H]2[C@@H](C(=O)O)[C@@H]3C=C[C@@]12O3. The van der Waals surface area contributed by atoms with Crippen LogP contribution in [0.2, 0.25) is 0 Å². The third-order valence-electron chi connectivity index (χ3n) is 6.45. The molecule has 160 valence electrons. The van der Waals surface area contributed by atoms with Crippen molar-refractivity contribution in [3.8, 4) is 11.5 Å². The highest BCUT2D eigenvalue weighted by Gasteiger charge is 2.70. The maximum atomic E-state index is 13.4. The number of methoxy groups -OCH3 is 2. The van der Waals surface area contributed by atoms with Crippen LogP contribution in [0.5, 0.6) is 11.5 Å². The summed E-state index contributed by atoms with van der Waals surface area (Å²) < 4.78 is 16.8. The molecule has 3 aliphatic heterocycles. The van der Waals surface area contributed by atoms with Crippen molar-refractivity contribution in [2.45, 2.75) is 37.5 Å². The van der Waals surface area contributed by atoms with Gasteiger partial charge in [-0.1, -0.05) is 23.8 Å². The summed E-state index contributed by atoms with van der Waals surface area (Å²) in [5.41, 5.74) is 1.04. The van der Waals surface area contributed by atoms with Gasteiger partial charge in [0.2, 0.25) is 5.91 Å². The monoisotopic (exact) mass is 413 g/mol. The predicted molar refractivity (Wildman–Crippen MR) is 110 cm³/mol. The Bertz CT molecular complexity index is 924. The van der Waals surface area contributed by atoms with E-state index in [9.17, 15) is 14.7 Å². The van der Waals surface area contributed by atoms with Crippen LogP contribution in [0.1, 0.15) is 18.9 Å². The Hall–Kier alpha value is -2.80. The van der Waals surface area contributed by atoms with Crippen molar-refractivity contribution in [2.24, 2.45) is 11.8 Å². The Kier molecular flexibility index (Phi) is 5.10. The maximum absolute atomic E-state index is 13.4. The Morgan fingerprint density at radius 2 is 2.03 bits per heavy atom. The normalized spacial score (nSPS) is 31.2. The molecule has 5 atom stereocenters. The van der Waals surface area contributed by atoms with Crippen LogP contribution < -0.4 is 9.47 Å². The number of benzene rings is 1. The number of aliphatic carboxylic acids is 1. The lowest BCUT2D eigenvalue weighted by molar-refractivity contribution is -0.148. The van der Waals surface area contributed by atoms with Crippen molar-refractivity contribution in [1.82, 2.24) is 4.90 Å². The molecule has 7 nitrogen and oxygen atoms in total. The fraction of sp³-hybridized carbons (Fsp3) is 0.478. The first kappa shape index (κ1) is 20.5. The minimum Gasteiger partial charge on any atom is -0.493 e. The number of carbonyl (C=O) groups is 2. The first-order valence-electron chi connectivity index (χ1n) is 10.1. The van der Waals surface area contributed by atoms with E-state index in [1.165, 1.54) is 0 Å². The number of nitrogens with zero attached hydrogens (tertiary/aromatic N) is 1. The molecule has 0 aromatic heterocycles. The third-order valence-corrected chi connectivity index (χ3v) is 6.45. The molecule has 1 aromatic carbocycles. The molecule has 30 heavy (non-hydrogen) atoms.